The zero-order valence-corrected chi connectivity index (χ0v) is 14.7. The molecule has 2 amide bonds. The topological polar surface area (TPSA) is 63.2 Å². The first-order valence-electron chi connectivity index (χ1n) is 7.89. The van der Waals surface area contributed by atoms with Gasteiger partial charge >= 0.3 is 6.03 Å². The molecule has 0 aliphatic rings. The van der Waals surface area contributed by atoms with Crippen LogP contribution >= 0.6 is 11.3 Å². The molecule has 6 heteroatoms. The summed E-state index contributed by atoms with van der Waals surface area (Å²) in [6.45, 7) is 2.92. The van der Waals surface area contributed by atoms with Crippen molar-refractivity contribution in [2.45, 2.75) is 20.1 Å². The first-order chi connectivity index (χ1) is 12.2. The van der Waals surface area contributed by atoms with Crippen molar-refractivity contribution in [3.05, 3.63) is 76.2 Å². The lowest BCUT2D eigenvalue weighted by Gasteiger charge is -2.10. The van der Waals surface area contributed by atoms with Crippen LogP contribution in [-0.4, -0.2) is 11.0 Å². The molecule has 0 aliphatic heterocycles. The van der Waals surface area contributed by atoms with E-state index in [1.165, 1.54) is 16.9 Å². The SMILES string of the molecule is Cc1ccc(CNC(=O)Nc2cccc(OCc3cscn3)c2)cc1. The molecule has 1 aromatic heterocycles. The molecule has 3 rings (SSSR count). The summed E-state index contributed by atoms with van der Waals surface area (Å²) in [6.07, 6.45) is 0. The zero-order valence-electron chi connectivity index (χ0n) is 13.9. The number of thiazole rings is 1. The normalized spacial score (nSPS) is 10.3. The first kappa shape index (κ1) is 17.0. The molecule has 3 aromatic rings. The summed E-state index contributed by atoms with van der Waals surface area (Å²) < 4.78 is 5.69. The Bertz CT molecular complexity index is 817. The van der Waals surface area contributed by atoms with Crippen molar-refractivity contribution in [2.75, 3.05) is 5.32 Å². The lowest BCUT2D eigenvalue weighted by molar-refractivity contribution is 0.251. The molecule has 0 fully saturated rings. The van der Waals surface area contributed by atoms with Crippen molar-refractivity contribution in [3.8, 4) is 5.75 Å². The van der Waals surface area contributed by atoms with Gasteiger partial charge in [-0.3, -0.25) is 0 Å². The predicted octanol–water partition coefficient (Wildman–Crippen LogP) is 4.35. The van der Waals surface area contributed by atoms with Gasteiger partial charge in [0.25, 0.3) is 0 Å². The summed E-state index contributed by atoms with van der Waals surface area (Å²) in [5.74, 6) is 0.685. The molecule has 2 N–H and O–H groups in total. The van der Waals surface area contributed by atoms with Crippen LogP contribution in [0.3, 0.4) is 0 Å². The summed E-state index contributed by atoms with van der Waals surface area (Å²) in [7, 11) is 0. The number of aromatic nitrogens is 1. The van der Waals surface area contributed by atoms with Crippen molar-refractivity contribution in [1.29, 1.82) is 0 Å². The highest BCUT2D eigenvalue weighted by molar-refractivity contribution is 7.07. The van der Waals surface area contributed by atoms with Crippen LogP contribution in [0.5, 0.6) is 5.75 Å². The smallest absolute Gasteiger partial charge is 0.319 e. The number of benzene rings is 2. The van der Waals surface area contributed by atoms with Crippen molar-refractivity contribution >= 4 is 23.1 Å². The number of carbonyl (C=O) groups excluding carboxylic acids is 1. The van der Waals surface area contributed by atoms with Gasteiger partial charge in [0, 0.05) is 23.7 Å². The average Bonchev–Trinajstić information content (AvgIpc) is 3.13. The molecule has 5 nitrogen and oxygen atoms in total. The molecule has 0 aliphatic carbocycles. The average molecular weight is 353 g/mol. The Kier molecular flexibility index (Phi) is 5.64. The fraction of sp³-hybridized carbons (Fsp3) is 0.158. The van der Waals surface area contributed by atoms with E-state index in [4.69, 9.17) is 4.74 Å². The summed E-state index contributed by atoms with van der Waals surface area (Å²) in [5.41, 5.74) is 5.59. The Hall–Kier alpha value is -2.86. The summed E-state index contributed by atoms with van der Waals surface area (Å²) in [5, 5.41) is 7.60. The molecule has 0 radical (unpaired) electrons. The van der Waals surface area contributed by atoms with E-state index in [2.05, 4.69) is 15.6 Å². The molecule has 0 spiro atoms. The van der Waals surface area contributed by atoms with Crippen molar-refractivity contribution < 1.29 is 9.53 Å². The summed E-state index contributed by atoms with van der Waals surface area (Å²) in [4.78, 5) is 16.2. The third kappa shape index (κ3) is 5.32. The number of rotatable bonds is 6. The lowest BCUT2D eigenvalue weighted by Crippen LogP contribution is -2.28. The minimum atomic E-state index is -0.253. The van der Waals surface area contributed by atoms with Crippen LogP contribution in [0.4, 0.5) is 10.5 Å². The largest absolute Gasteiger partial charge is 0.487 e. The van der Waals surface area contributed by atoms with Crippen molar-refractivity contribution in [2.24, 2.45) is 0 Å². The van der Waals surface area contributed by atoms with Gasteiger partial charge in [-0.25, -0.2) is 9.78 Å². The molecule has 0 bridgehead atoms. The lowest BCUT2D eigenvalue weighted by atomic mass is 10.1. The fourth-order valence-electron chi connectivity index (χ4n) is 2.19. The quantitative estimate of drug-likeness (QED) is 0.692. The number of nitrogens with one attached hydrogen (secondary N) is 2. The van der Waals surface area contributed by atoms with E-state index in [1.807, 2.05) is 54.8 Å². The second kappa shape index (κ2) is 8.30. The van der Waals surface area contributed by atoms with Gasteiger partial charge in [-0.2, -0.15) is 0 Å². The Morgan fingerprint density at radius 3 is 2.80 bits per heavy atom. The monoisotopic (exact) mass is 353 g/mol. The number of anilines is 1. The highest BCUT2D eigenvalue weighted by Gasteiger charge is 2.04. The second-order valence-electron chi connectivity index (χ2n) is 5.59. The molecule has 25 heavy (non-hydrogen) atoms. The Morgan fingerprint density at radius 1 is 1.20 bits per heavy atom. The van der Waals surface area contributed by atoms with Gasteiger partial charge < -0.3 is 15.4 Å². The van der Waals surface area contributed by atoms with Crippen LogP contribution in [0.1, 0.15) is 16.8 Å². The third-order valence-electron chi connectivity index (χ3n) is 3.54. The number of ether oxygens (including phenoxy) is 1. The van der Waals surface area contributed by atoms with E-state index in [-0.39, 0.29) is 6.03 Å². The standard InChI is InChI=1S/C19H19N3O2S/c1-14-5-7-15(8-6-14)10-20-19(23)22-16-3-2-4-18(9-16)24-11-17-12-25-13-21-17/h2-9,12-13H,10-11H2,1H3,(H2,20,22,23). The molecular weight excluding hydrogens is 334 g/mol. The van der Waals surface area contributed by atoms with Crippen LogP contribution in [0.2, 0.25) is 0 Å². The van der Waals surface area contributed by atoms with E-state index in [9.17, 15) is 4.79 Å². The maximum atomic E-state index is 12.0. The van der Waals surface area contributed by atoms with Crippen LogP contribution in [0.15, 0.2) is 59.4 Å². The van der Waals surface area contributed by atoms with Crippen LogP contribution in [0.25, 0.3) is 0 Å². The molecule has 0 saturated heterocycles. The van der Waals surface area contributed by atoms with E-state index in [0.717, 1.165) is 11.3 Å². The first-order valence-corrected chi connectivity index (χ1v) is 8.84. The van der Waals surface area contributed by atoms with Crippen molar-refractivity contribution in [3.63, 3.8) is 0 Å². The molecule has 0 unspecified atom stereocenters. The van der Waals surface area contributed by atoms with Gasteiger partial charge in [-0.15, -0.1) is 11.3 Å². The Labute approximate surface area is 150 Å². The molecule has 0 saturated carbocycles. The number of amides is 2. The van der Waals surface area contributed by atoms with Crippen LogP contribution in [-0.2, 0) is 13.2 Å². The minimum Gasteiger partial charge on any atom is -0.487 e. The molecule has 1 heterocycles. The van der Waals surface area contributed by atoms with E-state index >= 15 is 0 Å². The zero-order chi connectivity index (χ0) is 17.5. The number of hydrogen-bond donors (Lipinski definition) is 2. The number of aryl methyl sites for hydroxylation is 1. The predicted molar refractivity (Wildman–Crippen MR) is 99.9 cm³/mol. The van der Waals surface area contributed by atoms with E-state index < -0.39 is 0 Å². The van der Waals surface area contributed by atoms with Crippen LogP contribution in [0, 0.1) is 6.92 Å². The van der Waals surface area contributed by atoms with Crippen LogP contribution < -0.4 is 15.4 Å². The van der Waals surface area contributed by atoms with Gasteiger partial charge in [0.05, 0.1) is 11.2 Å². The molecule has 128 valence electrons. The van der Waals surface area contributed by atoms with Gasteiger partial charge in [-0.1, -0.05) is 35.9 Å². The number of carbonyl (C=O) groups is 1. The minimum absolute atomic E-state index is 0.253. The number of urea groups is 1. The highest BCUT2D eigenvalue weighted by Crippen LogP contribution is 2.18. The molecule has 0 atom stereocenters. The second-order valence-corrected chi connectivity index (χ2v) is 6.31. The molecular formula is C19H19N3O2S. The third-order valence-corrected chi connectivity index (χ3v) is 4.17. The number of nitrogens with zero attached hydrogens (tertiary/aromatic N) is 1. The summed E-state index contributed by atoms with van der Waals surface area (Å²) in [6, 6.07) is 15.1. The van der Waals surface area contributed by atoms with E-state index in [1.54, 1.807) is 11.6 Å². The van der Waals surface area contributed by atoms with Gasteiger partial charge in [-0.05, 0) is 24.6 Å². The highest BCUT2D eigenvalue weighted by atomic mass is 32.1. The maximum Gasteiger partial charge on any atom is 0.319 e. The Balaban J connectivity index is 1.50. The summed E-state index contributed by atoms with van der Waals surface area (Å²) >= 11 is 1.53. The van der Waals surface area contributed by atoms with Crippen molar-refractivity contribution in [1.82, 2.24) is 10.3 Å². The fourth-order valence-corrected chi connectivity index (χ4v) is 2.74. The van der Waals surface area contributed by atoms with Gasteiger partial charge in [0.15, 0.2) is 0 Å². The van der Waals surface area contributed by atoms with E-state index in [0.29, 0.717) is 24.6 Å². The maximum absolute atomic E-state index is 12.0. The van der Waals surface area contributed by atoms with Gasteiger partial charge in [0.2, 0.25) is 0 Å². The van der Waals surface area contributed by atoms with Gasteiger partial charge in [0.1, 0.15) is 12.4 Å². The molecule has 2 aromatic carbocycles. The Morgan fingerprint density at radius 2 is 2.04 bits per heavy atom. The number of hydrogen-bond acceptors (Lipinski definition) is 4.